The zero-order valence-corrected chi connectivity index (χ0v) is 14.9. The van der Waals surface area contributed by atoms with E-state index in [-0.39, 0.29) is 11.6 Å². The number of amides is 1. The second kappa shape index (κ2) is 7.32. The van der Waals surface area contributed by atoms with Crippen molar-refractivity contribution in [1.82, 2.24) is 4.90 Å². The molecule has 27 heavy (non-hydrogen) atoms. The van der Waals surface area contributed by atoms with E-state index in [9.17, 15) is 14.9 Å². The van der Waals surface area contributed by atoms with Gasteiger partial charge in [-0.3, -0.25) is 19.8 Å². The van der Waals surface area contributed by atoms with Crippen LogP contribution in [-0.2, 0) is 11.2 Å². The van der Waals surface area contributed by atoms with Crippen molar-refractivity contribution in [1.29, 1.82) is 0 Å². The van der Waals surface area contributed by atoms with Crippen LogP contribution in [0.3, 0.4) is 0 Å². The third-order valence-electron chi connectivity index (χ3n) is 5.35. The molecule has 0 aliphatic carbocycles. The monoisotopic (exact) mass is 363 g/mol. The Morgan fingerprint density at radius 2 is 2.07 bits per heavy atom. The topological polar surface area (TPSA) is 75.5 Å². The van der Waals surface area contributed by atoms with Gasteiger partial charge < -0.3 is 5.32 Å². The van der Waals surface area contributed by atoms with E-state index in [4.69, 9.17) is 0 Å². The Morgan fingerprint density at radius 1 is 1.22 bits per heavy atom. The number of hydrogen-bond donors (Lipinski definition) is 1. The summed E-state index contributed by atoms with van der Waals surface area (Å²) in [5.74, 6) is -0.299. The molecule has 1 saturated heterocycles. The highest BCUT2D eigenvalue weighted by molar-refractivity contribution is 6.02. The molecule has 0 saturated carbocycles. The Balaban J connectivity index is 1.49. The van der Waals surface area contributed by atoms with E-state index in [0.29, 0.717) is 11.6 Å². The van der Waals surface area contributed by atoms with Gasteiger partial charge in [-0.15, -0.1) is 0 Å². The molecule has 0 aromatic heterocycles. The second-order valence-electron chi connectivity index (χ2n) is 7.00. The molecule has 2 aromatic carbocycles. The fourth-order valence-electron chi connectivity index (χ4n) is 4.06. The molecule has 6 nitrogen and oxygen atoms in total. The molecule has 0 spiro atoms. The lowest BCUT2D eigenvalue weighted by atomic mass is 9.92. The summed E-state index contributed by atoms with van der Waals surface area (Å²) in [5.41, 5.74) is 3.84. The van der Waals surface area contributed by atoms with Gasteiger partial charge in [0.15, 0.2) is 0 Å². The van der Waals surface area contributed by atoms with Crippen molar-refractivity contribution in [2.45, 2.75) is 25.3 Å². The molecule has 2 aliphatic heterocycles. The fourth-order valence-corrected chi connectivity index (χ4v) is 4.06. The molecule has 1 atom stereocenters. The highest BCUT2D eigenvalue weighted by Gasteiger charge is 2.31. The first kappa shape index (κ1) is 17.4. The number of nitrogens with zero attached hydrogens (tertiary/aromatic N) is 2. The molecular weight excluding hydrogens is 342 g/mol. The fraction of sp³-hybridized carbons (Fsp3) is 0.286. The van der Waals surface area contributed by atoms with Crippen molar-refractivity contribution in [2.75, 3.05) is 18.4 Å². The minimum absolute atomic E-state index is 0.0170. The van der Waals surface area contributed by atoms with Gasteiger partial charge in [0.2, 0.25) is 5.91 Å². The van der Waals surface area contributed by atoms with Crippen LogP contribution in [0.2, 0.25) is 0 Å². The number of carbonyl (C=O) groups excluding carboxylic acids is 1. The Kier molecular flexibility index (Phi) is 4.73. The molecule has 4 rings (SSSR count). The van der Waals surface area contributed by atoms with Crippen LogP contribution in [-0.4, -0.2) is 28.8 Å². The molecule has 1 N–H and O–H groups in total. The average molecular weight is 363 g/mol. The van der Waals surface area contributed by atoms with Crippen LogP contribution < -0.4 is 5.32 Å². The van der Waals surface area contributed by atoms with Gasteiger partial charge in [0, 0.05) is 30.4 Å². The van der Waals surface area contributed by atoms with Crippen LogP contribution in [0.1, 0.15) is 35.6 Å². The summed E-state index contributed by atoms with van der Waals surface area (Å²) in [6, 6.07) is 12.9. The van der Waals surface area contributed by atoms with E-state index in [1.807, 2.05) is 6.07 Å². The van der Waals surface area contributed by atoms with E-state index in [1.165, 1.54) is 42.2 Å². The van der Waals surface area contributed by atoms with Crippen LogP contribution >= 0.6 is 0 Å². The highest BCUT2D eigenvalue weighted by Crippen LogP contribution is 2.38. The average Bonchev–Trinajstić information content (AvgIpc) is 3.16. The third-order valence-corrected chi connectivity index (χ3v) is 5.35. The minimum atomic E-state index is -0.450. The van der Waals surface area contributed by atoms with Crippen LogP contribution in [0.25, 0.3) is 6.08 Å². The molecule has 2 heterocycles. The maximum absolute atomic E-state index is 12.3. The number of rotatable bonds is 4. The first-order valence-electron chi connectivity index (χ1n) is 9.21. The van der Waals surface area contributed by atoms with E-state index < -0.39 is 4.92 Å². The van der Waals surface area contributed by atoms with E-state index in [2.05, 4.69) is 22.3 Å². The number of benzene rings is 2. The zero-order valence-electron chi connectivity index (χ0n) is 14.9. The van der Waals surface area contributed by atoms with Crippen molar-refractivity contribution in [2.24, 2.45) is 0 Å². The molecule has 1 fully saturated rings. The number of nitro benzene ring substituents is 1. The van der Waals surface area contributed by atoms with Crippen molar-refractivity contribution in [3.8, 4) is 0 Å². The molecule has 138 valence electrons. The molecule has 2 aliphatic rings. The summed E-state index contributed by atoms with van der Waals surface area (Å²) < 4.78 is 0. The molecule has 2 aromatic rings. The van der Waals surface area contributed by atoms with Gasteiger partial charge in [0.05, 0.1) is 10.5 Å². The molecule has 6 heteroatoms. The summed E-state index contributed by atoms with van der Waals surface area (Å²) in [4.78, 5) is 25.4. The normalized spacial score (nSPS) is 18.9. The third kappa shape index (κ3) is 3.61. The Morgan fingerprint density at radius 3 is 2.93 bits per heavy atom. The molecule has 0 bridgehead atoms. The zero-order chi connectivity index (χ0) is 18.8. The van der Waals surface area contributed by atoms with Crippen LogP contribution in [0.4, 0.5) is 11.4 Å². The van der Waals surface area contributed by atoms with E-state index >= 15 is 0 Å². The number of nitrogens with one attached hydrogen (secondary N) is 1. The number of para-hydroxylation sites is 1. The van der Waals surface area contributed by atoms with E-state index in [0.717, 1.165) is 25.2 Å². The maximum atomic E-state index is 12.3. The largest absolute Gasteiger partial charge is 0.323 e. The first-order chi connectivity index (χ1) is 13.1. The first-order valence-corrected chi connectivity index (χ1v) is 9.21. The van der Waals surface area contributed by atoms with Gasteiger partial charge >= 0.3 is 0 Å². The number of anilines is 1. The Bertz CT molecular complexity index is 923. The summed E-state index contributed by atoms with van der Waals surface area (Å²) >= 11 is 0. The molecule has 1 amide bonds. The summed E-state index contributed by atoms with van der Waals surface area (Å²) in [7, 11) is 0. The second-order valence-corrected chi connectivity index (χ2v) is 7.00. The lowest BCUT2D eigenvalue weighted by molar-refractivity contribution is -0.385. The van der Waals surface area contributed by atoms with Crippen molar-refractivity contribution in [3.63, 3.8) is 0 Å². The predicted octanol–water partition coefficient (Wildman–Crippen LogP) is 3.94. The predicted molar refractivity (Wildman–Crippen MR) is 104 cm³/mol. The van der Waals surface area contributed by atoms with Crippen molar-refractivity contribution in [3.05, 3.63) is 75.3 Å². The summed E-state index contributed by atoms with van der Waals surface area (Å²) in [5, 5.41) is 13.9. The van der Waals surface area contributed by atoms with Crippen molar-refractivity contribution >= 4 is 23.4 Å². The number of carbonyl (C=O) groups is 1. The van der Waals surface area contributed by atoms with E-state index in [1.54, 1.807) is 18.2 Å². The van der Waals surface area contributed by atoms with Gasteiger partial charge in [0.1, 0.15) is 0 Å². The van der Waals surface area contributed by atoms with Crippen molar-refractivity contribution < 1.29 is 9.72 Å². The maximum Gasteiger partial charge on any atom is 0.276 e. The van der Waals surface area contributed by atoms with Crippen LogP contribution in [0.15, 0.2) is 48.5 Å². The van der Waals surface area contributed by atoms with Gasteiger partial charge in [-0.05, 0) is 61.2 Å². The number of fused-ring (bicyclic) bond motifs is 3. The minimum Gasteiger partial charge on any atom is -0.323 e. The van der Waals surface area contributed by atoms with Crippen LogP contribution in [0, 0.1) is 10.1 Å². The van der Waals surface area contributed by atoms with Gasteiger partial charge in [-0.25, -0.2) is 0 Å². The Labute approximate surface area is 157 Å². The smallest absolute Gasteiger partial charge is 0.276 e. The standard InChI is InChI=1S/C21H21N3O3/c25-21(10-8-16-4-1-2-5-19(16)24(26)27)22-17-9-7-15-11-13-23-12-3-6-20(23)18(15)14-17/h1-2,4-5,7-10,14,20H,3,6,11-13H2,(H,22,25). The summed E-state index contributed by atoms with van der Waals surface area (Å²) in [6.07, 6.45) is 6.26. The molecular formula is C21H21N3O3. The van der Waals surface area contributed by atoms with Crippen LogP contribution in [0.5, 0.6) is 0 Å². The quantitative estimate of drug-likeness (QED) is 0.507. The van der Waals surface area contributed by atoms with Gasteiger partial charge in [0.25, 0.3) is 5.69 Å². The number of nitro groups is 1. The lowest BCUT2D eigenvalue weighted by Gasteiger charge is -2.32. The molecule has 1 unspecified atom stereocenters. The van der Waals surface area contributed by atoms with Gasteiger partial charge in [-0.1, -0.05) is 18.2 Å². The summed E-state index contributed by atoms with van der Waals surface area (Å²) in [6.45, 7) is 2.27. The lowest BCUT2D eigenvalue weighted by Crippen LogP contribution is -2.30. The Hall–Kier alpha value is -2.99. The SMILES string of the molecule is O=C(C=Cc1ccccc1[N+](=O)[O-])Nc1ccc2c(c1)C1CCCN1CC2. The molecule has 0 radical (unpaired) electrons. The highest BCUT2D eigenvalue weighted by atomic mass is 16.6. The van der Waals surface area contributed by atoms with Gasteiger partial charge in [-0.2, -0.15) is 0 Å². The number of hydrogen-bond acceptors (Lipinski definition) is 4.